The molecule has 0 bridgehead atoms. The Labute approximate surface area is 125 Å². The summed E-state index contributed by atoms with van der Waals surface area (Å²) in [4.78, 5) is 14.0. The number of benzene rings is 1. The first-order chi connectivity index (χ1) is 10.1. The van der Waals surface area contributed by atoms with Gasteiger partial charge in [0.05, 0.1) is 12.6 Å². The molecule has 2 unspecified atom stereocenters. The first-order valence-corrected chi connectivity index (χ1v) is 7.41. The van der Waals surface area contributed by atoms with Crippen LogP contribution in [0.1, 0.15) is 18.9 Å². The minimum absolute atomic E-state index is 0.216. The molecule has 114 valence electrons. The minimum Gasteiger partial charge on any atom is -0.497 e. The van der Waals surface area contributed by atoms with Crippen LogP contribution in [0, 0.1) is 5.92 Å². The van der Waals surface area contributed by atoms with Crippen LogP contribution in [0.25, 0.3) is 0 Å². The number of nitrogens with one attached hydrogen (secondary N) is 1. The molecule has 1 amide bonds. The van der Waals surface area contributed by atoms with Gasteiger partial charge in [-0.15, -0.1) is 0 Å². The molecule has 5 nitrogen and oxygen atoms in total. The summed E-state index contributed by atoms with van der Waals surface area (Å²) >= 11 is 0. The molecule has 1 aromatic rings. The molecule has 0 saturated carbocycles. The predicted molar refractivity (Wildman–Crippen MR) is 79.3 cm³/mol. The first-order valence-electron chi connectivity index (χ1n) is 7.41. The van der Waals surface area contributed by atoms with Crippen molar-refractivity contribution in [1.29, 1.82) is 0 Å². The van der Waals surface area contributed by atoms with Gasteiger partial charge in [0.1, 0.15) is 12.4 Å². The third-order valence-electron chi connectivity index (χ3n) is 4.74. The standard InChI is InChI=1S/C16H22N2O3/c1-16(13-6-7-17-9-13)11-21-15(19)18(16)10-12-4-3-5-14(8-12)20-2/h3-5,8,13,17H,6-7,9-11H2,1-2H3. The molecule has 3 rings (SSSR count). The van der Waals surface area contributed by atoms with Gasteiger partial charge in [0, 0.05) is 13.1 Å². The van der Waals surface area contributed by atoms with E-state index < -0.39 is 0 Å². The van der Waals surface area contributed by atoms with Gasteiger partial charge < -0.3 is 14.8 Å². The van der Waals surface area contributed by atoms with Gasteiger partial charge in [0.15, 0.2) is 0 Å². The van der Waals surface area contributed by atoms with E-state index in [9.17, 15) is 4.79 Å². The van der Waals surface area contributed by atoms with Crippen molar-refractivity contribution < 1.29 is 14.3 Å². The highest BCUT2D eigenvalue weighted by atomic mass is 16.6. The van der Waals surface area contributed by atoms with Crippen LogP contribution in [-0.4, -0.2) is 43.3 Å². The molecule has 2 saturated heterocycles. The maximum atomic E-state index is 12.2. The Bertz CT molecular complexity index is 528. The normalized spacial score (nSPS) is 28.8. The Morgan fingerprint density at radius 2 is 2.38 bits per heavy atom. The van der Waals surface area contributed by atoms with Crippen LogP contribution in [0.5, 0.6) is 5.75 Å². The molecule has 0 spiro atoms. The number of amides is 1. The smallest absolute Gasteiger partial charge is 0.410 e. The molecule has 0 aliphatic carbocycles. The zero-order valence-corrected chi connectivity index (χ0v) is 12.6. The molecule has 0 radical (unpaired) electrons. The summed E-state index contributed by atoms with van der Waals surface area (Å²) in [5, 5.41) is 3.38. The number of rotatable bonds is 4. The second-order valence-corrected chi connectivity index (χ2v) is 6.04. The van der Waals surface area contributed by atoms with Crippen LogP contribution in [0.4, 0.5) is 4.79 Å². The van der Waals surface area contributed by atoms with Crippen molar-refractivity contribution >= 4 is 6.09 Å². The number of carbonyl (C=O) groups excluding carboxylic acids is 1. The molecule has 2 aliphatic heterocycles. The van der Waals surface area contributed by atoms with Crippen LogP contribution in [0.3, 0.4) is 0 Å². The van der Waals surface area contributed by atoms with E-state index in [0.29, 0.717) is 19.1 Å². The molecular formula is C16H22N2O3. The summed E-state index contributed by atoms with van der Waals surface area (Å²) in [7, 11) is 1.65. The van der Waals surface area contributed by atoms with E-state index in [1.54, 1.807) is 7.11 Å². The summed E-state index contributed by atoms with van der Waals surface area (Å²) in [5.41, 5.74) is 0.828. The largest absolute Gasteiger partial charge is 0.497 e. The lowest BCUT2D eigenvalue weighted by molar-refractivity contribution is 0.117. The summed E-state index contributed by atoms with van der Waals surface area (Å²) in [6, 6.07) is 7.84. The van der Waals surface area contributed by atoms with Crippen molar-refractivity contribution in [3.8, 4) is 5.75 Å². The van der Waals surface area contributed by atoms with Gasteiger partial charge >= 0.3 is 6.09 Å². The fourth-order valence-electron chi connectivity index (χ4n) is 3.29. The van der Waals surface area contributed by atoms with Crippen molar-refractivity contribution in [3.05, 3.63) is 29.8 Å². The van der Waals surface area contributed by atoms with Gasteiger partial charge in [-0.1, -0.05) is 12.1 Å². The van der Waals surface area contributed by atoms with Gasteiger partial charge in [-0.25, -0.2) is 4.79 Å². The van der Waals surface area contributed by atoms with Gasteiger partial charge in [-0.05, 0) is 43.5 Å². The molecule has 21 heavy (non-hydrogen) atoms. The average Bonchev–Trinajstić information content (AvgIpc) is 3.13. The SMILES string of the molecule is COc1cccc(CN2C(=O)OCC2(C)C2CCNC2)c1. The summed E-state index contributed by atoms with van der Waals surface area (Å²) in [6.07, 6.45) is 0.870. The van der Waals surface area contributed by atoms with Gasteiger partial charge in [-0.2, -0.15) is 0 Å². The second-order valence-electron chi connectivity index (χ2n) is 6.04. The first kappa shape index (κ1) is 14.2. The zero-order chi connectivity index (χ0) is 14.9. The molecule has 2 aliphatic rings. The highest BCUT2D eigenvalue weighted by molar-refractivity contribution is 5.71. The number of ether oxygens (including phenoxy) is 2. The fourth-order valence-corrected chi connectivity index (χ4v) is 3.29. The minimum atomic E-state index is -0.232. The monoisotopic (exact) mass is 290 g/mol. The summed E-state index contributed by atoms with van der Waals surface area (Å²) < 4.78 is 10.6. The molecule has 2 heterocycles. The third-order valence-corrected chi connectivity index (χ3v) is 4.74. The highest BCUT2D eigenvalue weighted by Gasteiger charge is 2.49. The van der Waals surface area contributed by atoms with E-state index in [2.05, 4.69) is 12.2 Å². The summed E-state index contributed by atoms with van der Waals surface area (Å²) in [5.74, 6) is 1.25. The van der Waals surface area contributed by atoms with Gasteiger partial charge in [0.25, 0.3) is 0 Å². The second kappa shape index (κ2) is 5.56. The van der Waals surface area contributed by atoms with Crippen LogP contribution in [-0.2, 0) is 11.3 Å². The van der Waals surface area contributed by atoms with Gasteiger partial charge in [0.2, 0.25) is 0 Å². The lowest BCUT2D eigenvalue weighted by Crippen LogP contribution is -2.50. The van der Waals surface area contributed by atoms with Crippen LogP contribution >= 0.6 is 0 Å². The van der Waals surface area contributed by atoms with E-state index in [4.69, 9.17) is 9.47 Å². The maximum Gasteiger partial charge on any atom is 0.410 e. The molecule has 2 fully saturated rings. The van der Waals surface area contributed by atoms with Crippen LogP contribution in [0.15, 0.2) is 24.3 Å². The molecule has 1 aromatic carbocycles. The highest BCUT2D eigenvalue weighted by Crippen LogP contribution is 2.36. The Hall–Kier alpha value is -1.75. The fraction of sp³-hybridized carbons (Fsp3) is 0.562. The molecule has 1 N–H and O–H groups in total. The number of methoxy groups -OCH3 is 1. The third kappa shape index (κ3) is 2.58. The van der Waals surface area contributed by atoms with Crippen molar-refractivity contribution in [2.75, 3.05) is 26.8 Å². The van der Waals surface area contributed by atoms with E-state index in [1.165, 1.54) is 0 Å². The lowest BCUT2D eigenvalue weighted by Gasteiger charge is -2.36. The molecule has 0 aromatic heterocycles. The quantitative estimate of drug-likeness (QED) is 0.921. The number of cyclic esters (lactones) is 1. The van der Waals surface area contributed by atoms with Crippen LogP contribution in [0.2, 0.25) is 0 Å². The Balaban J connectivity index is 1.82. The maximum absolute atomic E-state index is 12.2. The number of carbonyl (C=O) groups is 1. The van der Waals surface area contributed by atoms with Crippen LogP contribution < -0.4 is 10.1 Å². The lowest BCUT2D eigenvalue weighted by atomic mass is 9.84. The summed E-state index contributed by atoms with van der Waals surface area (Å²) in [6.45, 7) is 5.13. The number of nitrogens with zero attached hydrogens (tertiary/aromatic N) is 1. The average molecular weight is 290 g/mol. The van der Waals surface area contributed by atoms with Crippen molar-refractivity contribution in [2.45, 2.75) is 25.4 Å². The van der Waals surface area contributed by atoms with Gasteiger partial charge in [-0.3, -0.25) is 4.90 Å². The number of hydrogen-bond acceptors (Lipinski definition) is 4. The Kier molecular flexibility index (Phi) is 3.76. The topological polar surface area (TPSA) is 50.8 Å². The number of hydrogen-bond donors (Lipinski definition) is 1. The van der Waals surface area contributed by atoms with Crippen molar-refractivity contribution in [3.63, 3.8) is 0 Å². The molecule has 2 atom stereocenters. The molecule has 5 heteroatoms. The zero-order valence-electron chi connectivity index (χ0n) is 12.6. The molecular weight excluding hydrogens is 268 g/mol. The Morgan fingerprint density at radius 3 is 3.10 bits per heavy atom. The van der Waals surface area contributed by atoms with E-state index in [1.807, 2.05) is 29.2 Å². The van der Waals surface area contributed by atoms with E-state index in [0.717, 1.165) is 30.8 Å². The van der Waals surface area contributed by atoms with E-state index >= 15 is 0 Å². The van der Waals surface area contributed by atoms with Crippen molar-refractivity contribution in [1.82, 2.24) is 10.2 Å². The van der Waals surface area contributed by atoms with E-state index in [-0.39, 0.29) is 11.6 Å². The Morgan fingerprint density at radius 1 is 1.52 bits per heavy atom. The predicted octanol–water partition coefficient (Wildman–Crippen LogP) is 2.02. The van der Waals surface area contributed by atoms with Crippen molar-refractivity contribution in [2.24, 2.45) is 5.92 Å².